The van der Waals surface area contributed by atoms with Gasteiger partial charge >= 0.3 is 5.97 Å². The molecule has 1 unspecified atom stereocenters. The van der Waals surface area contributed by atoms with Gasteiger partial charge in [-0.05, 0) is 19.4 Å². The number of aliphatic carboxylic acids is 1. The van der Waals surface area contributed by atoms with E-state index in [0.29, 0.717) is 6.54 Å². The van der Waals surface area contributed by atoms with E-state index in [2.05, 4.69) is 0 Å². The summed E-state index contributed by atoms with van der Waals surface area (Å²) in [4.78, 5) is 36.9. The van der Waals surface area contributed by atoms with E-state index in [1.165, 1.54) is 6.92 Å². The Balaban J connectivity index is 2.24. The first-order chi connectivity index (χ1) is 9.91. The summed E-state index contributed by atoms with van der Waals surface area (Å²) >= 11 is 0. The molecule has 1 fully saturated rings. The van der Waals surface area contributed by atoms with Crippen molar-refractivity contribution < 1.29 is 19.5 Å². The zero-order chi connectivity index (χ0) is 15.6. The number of nitrogens with zero attached hydrogens (tertiary/aromatic N) is 1. The zero-order valence-corrected chi connectivity index (χ0v) is 12.2. The summed E-state index contributed by atoms with van der Waals surface area (Å²) in [6.07, 6.45) is -0.293. The number of carboxylic acids is 1. The average Bonchev–Trinajstić information content (AvgIpc) is 2.64. The first kappa shape index (κ1) is 15.2. The summed E-state index contributed by atoms with van der Waals surface area (Å²) in [5, 5.41) is 8.97. The van der Waals surface area contributed by atoms with Crippen LogP contribution in [0.25, 0.3) is 0 Å². The molecule has 1 aromatic rings. The van der Waals surface area contributed by atoms with Crippen molar-refractivity contribution in [3.63, 3.8) is 0 Å². The van der Waals surface area contributed by atoms with Gasteiger partial charge in [-0.2, -0.15) is 0 Å². The maximum atomic E-state index is 12.5. The number of amides is 1. The molecule has 0 radical (unpaired) electrons. The minimum Gasteiger partial charge on any atom is -0.481 e. The molecule has 1 heterocycles. The molecule has 1 aromatic carbocycles. The molecule has 0 aromatic heterocycles. The van der Waals surface area contributed by atoms with Gasteiger partial charge in [0.1, 0.15) is 5.78 Å². The molecule has 112 valence electrons. The van der Waals surface area contributed by atoms with Crippen molar-refractivity contribution in [2.45, 2.75) is 32.9 Å². The van der Waals surface area contributed by atoms with Crippen molar-refractivity contribution in [1.29, 1.82) is 0 Å². The van der Waals surface area contributed by atoms with Crippen LogP contribution in [0.15, 0.2) is 30.3 Å². The van der Waals surface area contributed by atoms with Crippen LogP contribution in [0.4, 0.5) is 0 Å². The number of benzene rings is 1. The first-order valence-electron chi connectivity index (χ1n) is 6.98. The monoisotopic (exact) mass is 289 g/mol. The Bertz CT molecular complexity index is 555. The molecule has 1 aliphatic heterocycles. The molecule has 0 spiro atoms. The predicted octanol–water partition coefficient (Wildman–Crippen LogP) is 1.71. The second-order valence-electron chi connectivity index (χ2n) is 5.53. The van der Waals surface area contributed by atoms with Gasteiger partial charge in [0.05, 0.1) is 12.3 Å². The van der Waals surface area contributed by atoms with Gasteiger partial charge in [0.15, 0.2) is 0 Å². The fourth-order valence-corrected chi connectivity index (χ4v) is 3.12. The smallest absolute Gasteiger partial charge is 0.304 e. The van der Waals surface area contributed by atoms with E-state index in [1.807, 2.05) is 37.3 Å². The lowest BCUT2D eigenvalue weighted by Crippen LogP contribution is -2.33. The first-order valence-corrected chi connectivity index (χ1v) is 6.98. The highest BCUT2D eigenvalue weighted by Crippen LogP contribution is 2.35. The number of likely N-dealkylation sites (tertiary alicyclic amines) is 1. The van der Waals surface area contributed by atoms with Crippen LogP contribution < -0.4 is 0 Å². The zero-order valence-electron chi connectivity index (χ0n) is 12.2. The van der Waals surface area contributed by atoms with E-state index in [4.69, 9.17) is 5.11 Å². The van der Waals surface area contributed by atoms with Gasteiger partial charge in [-0.25, -0.2) is 0 Å². The van der Waals surface area contributed by atoms with Gasteiger partial charge in [-0.3, -0.25) is 14.4 Å². The Morgan fingerprint density at radius 1 is 1.24 bits per heavy atom. The minimum atomic E-state index is -1.05. The third kappa shape index (κ3) is 3.12. The van der Waals surface area contributed by atoms with Crippen LogP contribution in [-0.2, 0) is 20.9 Å². The summed E-state index contributed by atoms with van der Waals surface area (Å²) in [5.74, 6) is -2.71. The number of hydrogen-bond acceptors (Lipinski definition) is 3. The molecule has 1 N–H and O–H groups in total. The molecule has 0 saturated carbocycles. The molecular weight excluding hydrogens is 270 g/mol. The molecule has 5 nitrogen and oxygen atoms in total. The third-order valence-electron chi connectivity index (χ3n) is 4.10. The lowest BCUT2D eigenvalue weighted by atomic mass is 9.85. The molecule has 2 rings (SSSR count). The van der Waals surface area contributed by atoms with E-state index >= 15 is 0 Å². The van der Waals surface area contributed by atoms with Crippen LogP contribution in [-0.4, -0.2) is 33.7 Å². The topological polar surface area (TPSA) is 74.7 Å². The fourth-order valence-electron chi connectivity index (χ4n) is 3.12. The van der Waals surface area contributed by atoms with Gasteiger partial charge in [0, 0.05) is 18.5 Å². The van der Waals surface area contributed by atoms with Crippen molar-refractivity contribution in [1.82, 2.24) is 4.90 Å². The second kappa shape index (κ2) is 6.08. The Kier molecular flexibility index (Phi) is 4.40. The van der Waals surface area contributed by atoms with Crippen molar-refractivity contribution in [2.24, 2.45) is 11.8 Å². The molecule has 0 aliphatic carbocycles. The number of carboxylic acid groups (broad SMARTS) is 1. The van der Waals surface area contributed by atoms with Crippen molar-refractivity contribution in [3.05, 3.63) is 35.9 Å². The second-order valence-corrected chi connectivity index (χ2v) is 5.53. The molecule has 21 heavy (non-hydrogen) atoms. The Hall–Kier alpha value is -2.17. The highest BCUT2D eigenvalue weighted by molar-refractivity contribution is 5.93. The molecule has 1 saturated heterocycles. The molecule has 1 aliphatic rings. The minimum absolute atomic E-state index is 0.127. The highest BCUT2D eigenvalue weighted by atomic mass is 16.4. The van der Waals surface area contributed by atoms with Gasteiger partial charge in [0.25, 0.3) is 0 Å². The van der Waals surface area contributed by atoms with Crippen LogP contribution in [0.3, 0.4) is 0 Å². The van der Waals surface area contributed by atoms with Gasteiger partial charge in [0.2, 0.25) is 5.91 Å². The summed E-state index contributed by atoms with van der Waals surface area (Å²) in [7, 11) is 0. The Morgan fingerprint density at radius 3 is 2.38 bits per heavy atom. The van der Waals surface area contributed by atoms with E-state index in [0.717, 1.165) is 5.56 Å². The lowest BCUT2D eigenvalue weighted by molar-refractivity contribution is -0.143. The molecule has 5 heteroatoms. The predicted molar refractivity (Wildman–Crippen MR) is 76.4 cm³/mol. The van der Waals surface area contributed by atoms with Crippen LogP contribution in [0, 0.1) is 11.8 Å². The van der Waals surface area contributed by atoms with Crippen molar-refractivity contribution in [2.75, 3.05) is 0 Å². The van der Waals surface area contributed by atoms with Gasteiger partial charge in [-0.15, -0.1) is 0 Å². The fraction of sp³-hybridized carbons (Fsp3) is 0.438. The number of ketones is 1. The van der Waals surface area contributed by atoms with Crippen LogP contribution in [0.2, 0.25) is 0 Å². The van der Waals surface area contributed by atoms with E-state index < -0.39 is 17.8 Å². The number of Topliss-reactive ketones (excluding diaryl/α,β-unsaturated/α-hetero) is 1. The summed E-state index contributed by atoms with van der Waals surface area (Å²) in [6.45, 7) is 3.64. The van der Waals surface area contributed by atoms with E-state index in [9.17, 15) is 14.4 Å². The van der Waals surface area contributed by atoms with Gasteiger partial charge < -0.3 is 10.0 Å². The third-order valence-corrected chi connectivity index (χ3v) is 4.10. The molecule has 0 bridgehead atoms. The number of rotatable bonds is 5. The van der Waals surface area contributed by atoms with Crippen molar-refractivity contribution >= 4 is 17.7 Å². The average molecular weight is 289 g/mol. The van der Waals surface area contributed by atoms with E-state index in [1.54, 1.807) is 4.90 Å². The number of hydrogen-bond donors (Lipinski definition) is 1. The summed E-state index contributed by atoms with van der Waals surface area (Å²) in [5.41, 5.74) is 0.968. The standard InChI is InChI=1S/C16H19NO4/c1-10-15(11(2)18)13(8-14(19)20)16(21)17(10)9-12-6-4-3-5-7-12/h3-7,10,13,15H,8-9H2,1-2H3,(H,19,20)/t10?,13-,15-/m0/s1. The summed E-state index contributed by atoms with van der Waals surface area (Å²) in [6, 6.07) is 9.21. The number of carbonyl (C=O) groups excluding carboxylic acids is 2. The SMILES string of the molecule is CC(=O)[C@@H]1C(C)N(Cc2ccccc2)C(=O)[C@H]1CC(=O)O. The maximum Gasteiger partial charge on any atom is 0.304 e. The largest absolute Gasteiger partial charge is 0.481 e. The van der Waals surface area contributed by atoms with Crippen LogP contribution in [0.1, 0.15) is 25.8 Å². The normalized spacial score (nSPS) is 25.1. The van der Waals surface area contributed by atoms with Crippen molar-refractivity contribution in [3.8, 4) is 0 Å². The molecule has 3 atom stereocenters. The summed E-state index contributed by atoms with van der Waals surface area (Å²) < 4.78 is 0. The lowest BCUT2D eigenvalue weighted by Gasteiger charge is -2.23. The molecular formula is C16H19NO4. The molecule has 1 amide bonds. The highest BCUT2D eigenvalue weighted by Gasteiger charge is 2.48. The number of carbonyl (C=O) groups is 3. The van der Waals surface area contributed by atoms with Gasteiger partial charge in [-0.1, -0.05) is 30.3 Å². The van der Waals surface area contributed by atoms with Crippen LogP contribution >= 0.6 is 0 Å². The van der Waals surface area contributed by atoms with Crippen LogP contribution in [0.5, 0.6) is 0 Å². The quantitative estimate of drug-likeness (QED) is 0.895. The maximum absolute atomic E-state index is 12.5. The van der Waals surface area contributed by atoms with E-state index in [-0.39, 0.29) is 24.2 Å². The Labute approximate surface area is 123 Å². The Morgan fingerprint density at radius 2 is 1.86 bits per heavy atom.